The fraction of sp³-hybridized carbons (Fsp3) is 0.667. The summed E-state index contributed by atoms with van der Waals surface area (Å²) in [6.45, 7) is 20.2. The zero-order valence-corrected chi connectivity index (χ0v) is 33.4. The first-order valence-electron chi connectivity index (χ1n) is 18.5. The van der Waals surface area contributed by atoms with Gasteiger partial charge in [-0.2, -0.15) is 0 Å². The quantitative estimate of drug-likeness (QED) is 0.0826. The Hall–Kier alpha value is -4.49. The number of piperidine rings is 1. The number of anilines is 1. The highest BCUT2D eigenvalue weighted by molar-refractivity contribution is 6.00. The lowest BCUT2D eigenvalue weighted by Crippen LogP contribution is -2.60. The molecule has 296 valence electrons. The molecule has 0 spiro atoms. The van der Waals surface area contributed by atoms with Gasteiger partial charge < -0.3 is 31.7 Å². The molecule has 6 N–H and O–H groups in total. The Morgan fingerprint density at radius 1 is 0.887 bits per heavy atom. The number of esters is 1. The van der Waals surface area contributed by atoms with E-state index in [1.54, 1.807) is 79.7 Å². The van der Waals surface area contributed by atoms with Crippen molar-refractivity contribution in [3.8, 4) is 0 Å². The van der Waals surface area contributed by atoms with E-state index >= 15 is 0 Å². The Kier molecular flexibility index (Phi) is 15.6. The highest BCUT2D eigenvalue weighted by Crippen LogP contribution is 2.43. The molecule has 0 bridgehead atoms. The van der Waals surface area contributed by atoms with Crippen molar-refractivity contribution in [3.63, 3.8) is 0 Å². The van der Waals surface area contributed by atoms with Crippen LogP contribution in [0.2, 0.25) is 0 Å². The first kappa shape index (κ1) is 44.7. The molecular formula is C39H62N6O8. The summed E-state index contributed by atoms with van der Waals surface area (Å²) >= 11 is 0. The van der Waals surface area contributed by atoms with Crippen LogP contribution in [0.5, 0.6) is 0 Å². The highest BCUT2D eigenvalue weighted by Gasteiger charge is 2.49. The summed E-state index contributed by atoms with van der Waals surface area (Å²) in [5, 5.41) is 10.9. The molecule has 0 radical (unpaired) electrons. The summed E-state index contributed by atoms with van der Waals surface area (Å²) in [5.74, 6) is -2.90. The summed E-state index contributed by atoms with van der Waals surface area (Å²) in [4.78, 5) is 92.1. The average Bonchev–Trinajstić information content (AvgIpc) is 3.02. The minimum atomic E-state index is -1.10. The summed E-state index contributed by atoms with van der Waals surface area (Å²) in [5.41, 5.74) is 3.83. The van der Waals surface area contributed by atoms with Crippen LogP contribution in [-0.4, -0.2) is 70.6 Å². The highest BCUT2D eigenvalue weighted by atomic mass is 16.5. The second-order valence-corrected chi connectivity index (χ2v) is 16.8. The minimum absolute atomic E-state index is 0.0830. The summed E-state index contributed by atoms with van der Waals surface area (Å²) < 4.78 is 5.26. The van der Waals surface area contributed by atoms with Gasteiger partial charge in [0.2, 0.25) is 29.5 Å². The SMILES string of the molecule is CC(C)C(=O)OCc1ccc(NC(=O)[C@H](CCCNC(N)=O)NC(=O)[C@@H](NC(=O)C(C)(C)CC(C)(C)N2C(=O)CC(C)(C(C)C)CC2=O)C(C)C)cc1. The van der Waals surface area contributed by atoms with Crippen LogP contribution in [-0.2, 0) is 40.1 Å². The molecule has 53 heavy (non-hydrogen) atoms. The first-order valence-corrected chi connectivity index (χ1v) is 18.5. The molecule has 1 heterocycles. The van der Waals surface area contributed by atoms with Crippen molar-refractivity contribution >= 4 is 47.2 Å². The molecule has 2 atom stereocenters. The maximum Gasteiger partial charge on any atom is 0.312 e. The van der Waals surface area contributed by atoms with Gasteiger partial charge in [0.1, 0.15) is 18.7 Å². The zero-order valence-electron chi connectivity index (χ0n) is 33.4. The summed E-state index contributed by atoms with van der Waals surface area (Å²) in [6.07, 6.45) is 1.07. The van der Waals surface area contributed by atoms with Crippen LogP contribution in [0.15, 0.2) is 24.3 Å². The number of ether oxygens (including phenoxy) is 1. The summed E-state index contributed by atoms with van der Waals surface area (Å²) in [7, 11) is 0. The van der Waals surface area contributed by atoms with Crippen molar-refractivity contribution in [2.24, 2.45) is 34.3 Å². The number of amides is 7. The topological polar surface area (TPSA) is 206 Å². The molecule has 0 unspecified atom stereocenters. The van der Waals surface area contributed by atoms with Gasteiger partial charge in [0.15, 0.2) is 0 Å². The molecule has 1 aromatic carbocycles. The normalized spacial score (nSPS) is 15.9. The molecule has 0 saturated carbocycles. The fourth-order valence-electron chi connectivity index (χ4n) is 6.53. The number of hydrogen-bond donors (Lipinski definition) is 5. The van der Waals surface area contributed by atoms with Crippen LogP contribution in [0.4, 0.5) is 10.5 Å². The van der Waals surface area contributed by atoms with Crippen molar-refractivity contribution in [1.29, 1.82) is 0 Å². The van der Waals surface area contributed by atoms with Gasteiger partial charge in [-0.1, -0.05) is 74.4 Å². The van der Waals surface area contributed by atoms with Gasteiger partial charge >= 0.3 is 12.0 Å². The molecule has 7 amide bonds. The van der Waals surface area contributed by atoms with Crippen LogP contribution in [0.1, 0.15) is 114 Å². The molecule has 1 aliphatic heterocycles. The largest absolute Gasteiger partial charge is 0.461 e. The monoisotopic (exact) mass is 742 g/mol. The molecule has 14 nitrogen and oxygen atoms in total. The smallest absolute Gasteiger partial charge is 0.312 e. The number of carbonyl (C=O) groups is 7. The average molecular weight is 743 g/mol. The van der Waals surface area contributed by atoms with Crippen LogP contribution in [0.25, 0.3) is 0 Å². The van der Waals surface area contributed by atoms with E-state index in [0.717, 1.165) is 5.56 Å². The maximum absolute atomic E-state index is 13.8. The van der Waals surface area contributed by atoms with Crippen molar-refractivity contribution in [2.45, 2.75) is 132 Å². The molecular weight excluding hydrogens is 680 g/mol. The van der Waals surface area contributed by atoms with Crippen LogP contribution in [0, 0.1) is 28.6 Å². The lowest BCUT2D eigenvalue weighted by atomic mass is 9.69. The second-order valence-electron chi connectivity index (χ2n) is 16.8. The van der Waals surface area contributed by atoms with E-state index in [2.05, 4.69) is 21.3 Å². The number of rotatable bonds is 18. The van der Waals surface area contributed by atoms with Gasteiger partial charge in [-0.15, -0.1) is 0 Å². The molecule has 1 aliphatic rings. The third-order valence-corrected chi connectivity index (χ3v) is 10.0. The molecule has 0 aromatic heterocycles. The number of hydrogen-bond acceptors (Lipinski definition) is 8. The third kappa shape index (κ3) is 12.8. The first-order chi connectivity index (χ1) is 24.4. The Balaban J connectivity index is 2.19. The van der Waals surface area contributed by atoms with Crippen molar-refractivity contribution in [3.05, 3.63) is 29.8 Å². The van der Waals surface area contributed by atoms with Gasteiger partial charge in [0.05, 0.1) is 5.92 Å². The fourth-order valence-corrected chi connectivity index (χ4v) is 6.53. The number of urea groups is 1. The number of nitrogens with two attached hydrogens (primary N) is 1. The van der Waals surface area contributed by atoms with E-state index < -0.39 is 52.2 Å². The molecule has 1 saturated heterocycles. The maximum atomic E-state index is 13.8. The van der Waals surface area contributed by atoms with Crippen LogP contribution < -0.4 is 27.0 Å². The van der Waals surface area contributed by atoms with Gasteiger partial charge in [-0.25, -0.2) is 4.79 Å². The predicted octanol–water partition coefficient (Wildman–Crippen LogP) is 4.40. The third-order valence-electron chi connectivity index (χ3n) is 10.0. The zero-order chi connectivity index (χ0) is 40.5. The lowest BCUT2D eigenvalue weighted by molar-refractivity contribution is -0.163. The number of nitrogens with one attached hydrogen (secondary N) is 4. The molecule has 1 fully saturated rings. The Morgan fingerprint density at radius 2 is 1.45 bits per heavy atom. The number of primary amides is 1. The molecule has 2 rings (SSSR count). The van der Waals surface area contributed by atoms with Gasteiger partial charge in [0.25, 0.3) is 0 Å². The van der Waals surface area contributed by atoms with Crippen molar-refractivity contribution < 1.29 is 38.3 Å². The van der Waals surface area contributed by atoms with E-state index in [0.29, 0.717) is 12.1 Å². The van der Waals surface area contributed by atoms with Crippen molar-refractivity contribution in [1.82, 2.24) is 20.9 Å². The van der Waals surface area contributed by atoms with E-state index in [-0.39, 0.29) is 74.4 Å². The van der Waals surface area contributed by atoms with Crippen molar-refractivity contribution in [2.75, 3.05) is 11.9 Å². The summed E-state index contributed by atoms with van der Waals surface area (Å²) in [6, 6.07) is 3.94. The predicted molar refractivity (Wildman–Crippen MR) is 202 cm³/mol. The van der Waals surface area contributed by atoms with Gasteiger partial charge in [-0.05, 0) is 68.1 Å². The van der Waals surface area contributed by atoms with Crippen LogP contribution in [0.3, 0.4) is 0 Å². The van der Waals surface area contributed by atoms with E-state index in [9.17, 15) is 33.6 Å². The number of nitrogens with zero attached hydrogens (tertiary/aromatic N) is 1. The Labute approximate surface area is 314 Å². The van der Waals surface area contributed by atoms with E-state index in [4.69, 9.17) is 10.5 Å². The molecule has 0 aliphatic carbocycles. The Morgan fingerprint density at radius 3 is 1.94 bits per heavy atom. The standard InChI is InChI=1S/C39H62N6O8/c1-23(2)31(44-35(51)37(7,8)22-38(9,10)45-29(46)19-39(11,25(5)6)20-30(45)47)33(49)43-28(13-12-18-41-36(40)52)32(48)42-27-16-14-26(15-17-27)21-53-34(50)24(3)4/h14-17,23-25,28,31H,12-13,18-22H2,1-11H3,(H,42,48)(H,43,49)(H,44,51)(H3,40,41,52)/t28-,31-/m0/s1. The van der Waals surface area contributed by atoms with Gasteiger partial charge in [-0.3, -0.25) is 33.7 Å². The molecule has 14 heteroatoms. The van der Waals surface area contributed by atoms with E-state index in [1.807, 2.05) is 20.8 Å². The van der Waals surface area contributed by atoms with Gasteiger partial charge in [0, 0.05) is 36.0 Å². The lowest BCUT2D eigenvalue weighted by Gasteiger charge is -2.48. The minimum Gasteiger partial charge on any atom is -0.461 e. The van der Waals surface area contributed by atoms with E-state index in [1.165, 1.54) is 4.90 Å². The number of likely N-dealkylation sites (tertiary alicyclic amines) is 1. The molecule has 1 aromatic rings. The number of carbonyl (C=O) groups excluding carboxylic acids is 7. The van der Waals surface area contributed by atoms with Crippen LogP contribution >= 0.6 is 0 Å². The Bertz CT molecular complexity index is 1480. The number of imide groups is 1. The second kappa shape index (κ2) is 18.5. The number of benzene rings is 1.